The van der Waals surface area contributed by atoms with Crippen LogP contribution in [0.4, 0.5) is 0 Å². The normalized spacial score (nSPS) is 19.0. The molecule has 0 aromatic rings. The minimum absolute atomic E-state index is 0.548. The molecule has 2 nitrogen and oxygen atoms in total. The average molecular weight is 415 g/mol. The van der Waals surface area contributed by atoms with Crippen LogP contribution in [0.3, 0.4) is 0 Å². The maximum atomic E-state index is 7.60. The van der Waals surface area contributed by atoms with Gasteiger partial charge in [-0.05, 0) is 19.6 Å². The molecule has 0 aliphatic carbocycles. The van der Waals surface area contributed by atoms with E-state index in [1.165, 1.54) is 0 Å². The first-order chi connectivity index (χ1) is 9.23. The molecule has 0 spiro atoms. The summed E-state index contributed by atoms with van der Waals surface area (Å²) in [6.45, 7) is 29.6. The van der Waals surface area contributed by atoms with Gasteiger partial charge in [0.1, 0.15) is 16.5 Å². The van der Waals surface area contributed by atoms with Crippen molar-refractivity contribution in [3.8, 4) is 0 Å². The van der Waals surface area contributed by atoms with E-state index < -0.39 is 39.3 Å². The van der Waals surface area contributed by atoms with Gasteiger partial charge in [-0.15, -0.1) is 0 Å². The first-order valence-electron chi connectivity index (χ1n) is 8.36. The summed E-state index contributed by atoms with van der Waals surface area (Å²) in [7, 11) is -6.03. The molecule has 134 valence electrons. The Balaban J connectivity index is 6.61. The lowest BCUT2D eigenvalue weighted by atomic mass is 10.9. The minimum atomic E-state index is -1.98. The van der Waals surface area contributed by atoms with Crippen LogP contribution < -0.4 is 0 Å². The molecule has 0 bridgehead atoms. The number of halogens is 1. The molecule has 0 rings (SSSR count). The van der Waals surface area contributed by atoms with E-state index in [9.17, 15) is 0 Å². The van der Waals surface area contributed by atoms with Gasteiger partial charge < -0.3 is 8.41 Å². The number of hydrogen-bond acceptors (Lipinski definition) is 1. The summed E-state index contributed by atoms with van der Waals surface area (Å²) in [6.07, 6.45) is 0. The van der Waals surface area contributed by atoms with Crippen molar-refractivity contribution < 1.29 is 0 Å². The fourth-order valence-electron chi connectivity index (χ4n) is 3.07. The molecule has 0 aromatic carbocycles. The zero-order valence-corrected chi connectivity index (χ0v) is 22.9. The van der Waals surface area contributed by atoms with Crippen LogP contribution in [0.25, 0.3) is 0 Å². The first-order valence-corrected chi connectivity index (χ1v) is 25.0. The Morgan fingerprint density at radius 3 is 1.27 bits per heavy atom. The minimum Gasteiger partial charge on any atom is -0.313 e. The fraction of sp³-hybridized carbons (Fsp3) is 1.00. The second kappa shape index (κ2) is 6.93. The van der Waals surface area contributed by atoms with Crippen molar-refractivity contribution in [1.29, 1.82) is 0 Å². The Kier molecular flexibility index (Phi) is 7.35. The van der Waals surface area contributed by atoms with Gasteiger partial charge in [0, 0.05) is 5.28 Å². The lowest BCUT2D eigenvalue weighted by molar-refractivity contribution is 0.950. The Morgan fingerprint density at radius 1 is 0.773 bits per heavy atom. The number of rotatable bonds is 6. The highest BCUT2D eigenvalue weighted by Crippen LogP contribution is 2.68. The highest BCUT2D eigenvalue weighted by Gasteiger charge is 2.49. The zero-order chi connectivity index (χ0) is 18.4. The molecule has 0 radical (unpaired) electrons. The van der Waals surface area contributed by atoms with E-state index in [0.717, 1.165) is 0 Å². The molecule has 0 heterocycles. The number of hydrogen-bond donors (Lipinski definition) is 0. The van der Waals surface area contributed by atoms with Crippen LogP contribution in [0, 0.1) is 0 Å². The largest absolute Gasteiger partial charge is 0.313 e. The Morgan fingerprint density at radius 2 is 1.09 bits per heavy atom. The summed E-state index contributed by atoms with van der Waals surface area (Å²) in [5, 5.41) is 0.548. The lowest BCUT2D eigenvalue weighted by Gasteiger charge is -2.53. The fourth-order valence-corrected chi connectivity index (χ4v) is 38.7. The molecule has 0 fully saturated rings. The van der Waals surface area contributed by atoms with E-state index in [1.54, 1.807) is 0 Å². The van der Waals surface area contributed by atoms with Crippen molar-refractivity contribution in [2.45, 2.75) is 90.8 Å². The highest BCUT2D eigenvalue weighted by molar-refractivity contribution is 7.94. The second-order valence-corrected chi connectivity index (χ2v) is 36.3. The molecule has 2 atom stereocenters. The molecule has 0 amide bonds. The van der Waals surface area contributed by atoms with Crippen molar-refractivity contribution in [1.82, 2.24) is 4.00 Å². The van der Waals surface area contributed by atoms with Crippen LogP contribution in [0.1, 0.15) is 6.92 Å². The molecule has 0 aliphatic rings. The van der Waals surface area contributed by atoms with Crippen molar-refractivity contribution in [3.05, 3.63) is 0 Å². The van der Waals surface area contributed by atoms with Gasteiger partial charge in [-0.3, -0.25) is 0 Å². The predicted molar refractivity (Wildman–Crippen MR) is 120 cm³/mol. The molecule has 0 saturated carbocycles. The molecule has 0 saturated heterocycles. The maximum Gasteiger partial charge on any atom is 0.173 e. The van der Waals surface area contributed by atoms with E-state index in [-0.39, 0.29) is 0 Å². The van der Waals surface area contributed by atoms with Crippen LogP contribution in [-0.2, 0) is 0 Å². The summed E-state index contributed by atoms with van der Waals surface area (Å²) in [5.41, 5.74) is 0. The highest BCUT2D eigenvalue weighted by atomic mass is 35.7. The average Bonchev–Trinajstić information content (AvgIpc) is 2.05. The summed E-state index contributed by atoms with van der Waals surface area (Å²) in [4.78, 5) is 0. The Hall–Kier alpha value is 1.35. The van der Waals surface area contributed by atoms with Crippen LogP contribution in [0.5, 0.6) is 0 Å². The van der Waals surface area contributed by atoms with E-state index >= 15 is 0 Å². The zero-order valence-electron chi connectivity index (χ0n) is 17.3. The second-order valence-electron chi connectivity index (χ2n) is 10.5. The van der Waals surface area contributed by atoms with Crippen LogP contribution >= 0.6 is 17.8 Å². The topological polar surface area (TPSA) is 15.6 Å². The van der Waals surface area contributed by atoms with Gasteiger partial charge in [0.05, 0.1) is 14.6 Å². The smallest absolute Gasteiger partial charge is 0.173 e. The molecule has 8 heteroatoms. The quantitative estimate of drug-likeness (QED) is 0.328. The summed E-state index contributed by atoms with van der Waals surface area (Å²) < 4.78 is 8.33. The molecule has 22 heavy (non-hydrogen) atoms. The van der Waals surface area contributed by atoms with Crippen LogP contribution in [-0.4, -0.2) is 42.1 Å². The van der Waals surface area contributed by atoms with Gasteiger partial charge in [-0.2, -0.15) is 0 Å². The molecule has 0 aliphatic heterocycles. The summed E-state index contributed by atoms with van der Waals surface area (Å²) in [5.74, 6) is 0. The third-order valence-corrected chi connectivity index (χ3v) is 30.0. The van der Waals surface area contributed by atoms with Crippen molar-refractivity contribution in [2.24, 2.45) is 4.41 Å². The van der Waals surface area contributed by atoms with E-state index in [2.05, 4.69) is 89.5 Å². The summed E-state index contributed by atoms with van der Waals surface area (Å²) >= 11 is 7.60. The monoisotopic (exact) mass is 414 g/mol. The van der Waals surface area contributed by atoms with Crippen LogP contribution in [0.2, 0.25) is 78.6 Å². The van der Waals surface area contributed by atoms with Crippen molar-refractivity contribution >= 4 is 50.6 Å². The Bertz CT molecular complexity index is 428. The standard InChI is InChI=1S/C14H40ClN2PSi4/c1-14(19(2,3)4)18(15,16-20(5,6)7)17(21(8,9)10)22(11,12)13/h14H,1-13H3. The lowest BCUT2D eigenvalue weighted by Crippen LogP contribution is -2.58. The van der Waals surface area contributed by atoms with E-state index in [0.29, 0.717) is 5.28 Å². The SMILES string of the molecule is CC([Si](C)(C)C)P(Cl)(=N[Si](C)(C)C)N([Si](C)(C)C)[Si](C)(C)C. The third kappa shape index (κ3) is 6.34. The van der Waals surface area contributed by atoms with Crippen molar-refractivity contribution in [3.63, 3.8) is 0 Å². The van der Waals surface area contributed by atoms with Crippen LogP contribution in [0.15, 0.2) is 4.41 Å². The first kappa shape index (κ1) is 23.3. The summed E-state index contributed by atoms with van der Waals surface area (Å²) in [6, 6.07) is 0. The van der Waals surface area contributed by atoms with Gasteiger partial charge in [-0.25, -0.2) is 0 Å². The van der Waals surface area contributed by atoms with Crippen molar-refractivity contribution in [2.75, 3.05) is 0 Å². The maximum absolute atomic E-state index is 7.60. The van der Waals surface area contributed by atoms with Gasteiger partial charge in [0.25, 0.3) is 0 Å². The third-order valence-electron chi connectivity index (χ3n) is 3.74. The molecular weight excluding hydrogens is 375 g/mol. The van der Waals surface area contributed by atoms with Gasteiger partial charge >= 0.3 is 0 Å². The molecule has 0 aromatic heterocycles. The molecule has 0 N–H and O–H groups in total. The van der Waals surface area contributed by atoms with Gasteiger partial charge in [0.2, 0.25) is 0 Å². The van der Waals surface area contributed by atoms with Gasteiger partial charge in [-0.1, -0.05) is 77.1 Å². The van der Waals surface area contributed by atoms with Gasteiger partial charge in [0.15, 0.2) is 8.24 Å². The number of nitrogens with zero attached hydrogens (tertiary/aromatic N) is 2. The predicted octanol–water partition coefficient (Wildman–Crippen LogP) is 7.33. The van der Waals surface area contributed by atoms with E-state index in [4.69, 9.17) is 15.7 Å². The Labute approximate surface area is 149 Å². The molecule has 2 unspecified atom stereocenters. The van der Waals surface area contributed by atoms with E-state index in [1.807, 2.05) is 0 Å². The molecular formula is C14H40ClN2PSi4.